The lowest BCUT2D eigenvalue weighted by Gasteiger charge is -2.47. The summed E-state index contributed by atoms with van der Waals surface area (Å²) in [5, 5.41) is 0. The number of amides is 1. The number of aromatic nitrogens is 1. The molecule has 0 saturated carbocycles. The monoisotopic (exact) mass is 357 g/mol. The van der Waals surface area contributed by atoms with Crippen LogP contribution in [0.5, 0.6) is 0 Å². The van der Waals surface area contributed by atoms with Crippen molar-refractivity contribution in [1.29, 1.82) is 0 Å². The molecule has 1 aromatic carbocycles. The minimum Gasteiger partial charge on any atom is -0.449 e. The number of ether oxygens (including phenoxy) is 1. The van der Waals surface area contributed by atoms with Crippen LogP contribution in [0.4, 0.5) is 10.6 Å². The average molecular weight is 357 g/mol. The number of hydrogen-bond donors (Lipinski definition) is 0. The highest BCUT2D eigenvalue weighted by atomic mass is 32.1. The largest absolute Gasteiger partial charge is 0.449 e. The first-order chi connectivity index (χ1) is 12.2. The van der Waals surface area contributed by atoms with Crippen LogP contribution in [-0.2, 0) is 4.74 Å². The van der Waals surface area contributed by atoms with Crippen molar-refractivity contribution in [3.8, 4) is 10.4 Å². The number of fused-ring (bicyclic) bond motifs is 3. The predicted molar refractivity (Wildman–Crippen MR) is 100 cm³/mol. The molecule has 3 saturated heterocycles. The molecule has 1 aromatic heterocycles. The van der Waals surface area contributed by atoms with Crippen molar-refractivity contribution in [2.75, 3.05) is 38.2 Å². The molecule has 3 aliphatic rings. The Hall–Kier alpha value is -1.92. The molecular weight excluding hydrogens is 334 g/mol. The lowest BCUT2D eigenvalue weighted by molar-refractivity contribution is -0.0200. The van der Waals surface area contributed by atoms with Crippen LogP contribution in [-0.4, -0.2) is 49.3 Å². The van der Waals surface area contributed by atoms with E-state index < -0.39 is 0 Å². The van der Waals surface area contributed by atoms with E-state index in [2.05, 4.69) is 9.88 Å². The highest BCUT2D eigenvalue weighted by Crippen LogP contribution is 2.40. The van der Waals surface area contributed by atoms with Gasteiger partial charge < -0.3 is 9.64 Å². The second-order valence-corrected chi connectivity index (χ2v) is 7.93. The second kappa shape index (κ2) is 6.77. The Morgan fingerprint density at radius 2 is 1.92 bits per heavy atom. The molecule has 3 fully saturated rings. The Balaban J connectivity index is 1.44. The van der Waals surface area contributed by atoms with Crippen LogP contribution in [0.3, 0.4) is 0 Å². The standard InChI is InChI=1S/C19H23N3O2S/c1-21(17-16(25-14-20-17)15-5-3-2-4-6-15)18(23)24-13-19-7-10-22(11-8-19)12-9-19/h2-6,14H,7-13H2,1H3. The maximum absolute atomic E-state index is 12.6. The van der Waals surface area contributed by atoms with Gasteiger partial charge in [0.1, 0.15) is 0 Å². The lowest BCUT2D eigenvalue weighted by atomic mass is 9.73. The summed E-state index contributed by atoms with van der Waals surface area (Å²) in [6, 6.07) is 10.0. The van der Waals surface area contributed by atoms with Gasteiger partial charge in [0.25, 0.3) is 0 Å². The molecule has 0 atom stereocenters. The summed E-state index contributed by atoms with van der Waals surface area (Å²) in [6.07, 6.45) is 3.09. The number of carbonyl (C=O) groups excluding carboxylic acids is 1. The molecule has 132 valence electrons. The molecule has 1 amide bonds. The van der Waals surface area contributed by atoms with Gasteiger partial charge in [-0.15, -0.1) is 11.3 Å². The van der Waals surface area contributed by atoms with Gasteiger partial charge in [0, 0.05) is 12.5 Å². The molecule has 4 heterocycles. The fourth-order valence-corrected chi connectivity index (χ4v) is 4.60. The van der Waals surface area contributed by atoms with Crippen molar-refractivity contribution in [2.24, 2.45) is 5.41 Å². The summed E-state index contributed by atoms with van der Waals surface area (Å²) in [6.45, 7) is 3.93. The van der Waals surface area contributed by atoms with Gasteiger partial charge in [0.2, 0.25) is 0 Å². The van der Waals surface area contributed by atoms with Gasteiger partial charge in [-0.1, -0.05) is 30.3 Å². The fraction of sp³-hybridized carbons (Fsp3) is 0.474. The molecule has 0 spiro atoms. The van der Waals surface area contributed by atoms with Crippen LogP contribution >= 0.6 is 11.3 Å². The van der Waals surface area contributed by atoms with E-state index in [9.17, 15) is 4.79 Å². The molecule has 3 aliphatic heterocycles. The van der Waals surface area contributed by atoms with Crippen LogP contribution < -0.4 is 4.90 Å². The Labute approximate surface area is 152 Å². The van der Waals surface area contributed by atoms with Gasteiger partial charge >= 0.3 is 6.09 Å². The van der Waals surface area contributed by atoms with Gasteiger partial charge in [-0.25, -0.2) is 9.78 Å². The number of benzene rings is 1. The molecule has 5 nitrogen and oxygen atoms in total. The molecule has 2 bridgehead atoms. The van der Waals surface area contributed by atoms with E-state index >= 15 is 0 Å². The van der Waals surface area contributed by atoms with Crippen molar-refractivity contribution in [1.82, 2.24) is 9.88 Å². The van der Waals surface area contributed by atoms with Crippen LogP contribution in [0.2, 0.25) is 0 Å². The normalized spacial score (nSPS) is 24.9. The van der Waals surface area contributed by atoms with Crippen molar-refractivity contribution in [3.05, 3.63) is 35.8 Å². The first kappa shape index (κ1) is 16.5. The van der Waals surface area contributed by atoms with E-state index in [0.717, 1.165) is 49.3 Å². The smallest absolute Gasteiger partial charge is 0.415 e. The van der Waals surface area contributed by atoms with Crippen LogP contribution in [0, 0.1) is 5.41 Å². The van der Waals surface area contributed by atoms with Crippen LogP contribution in [0.15, 0.2) is 35.8 Å². The molecule has 0 aliphatic carbocycles. The summed E-state index contributed by atoms with van der Waals surface area (Å²) in [5.74, 6) is 0.664. The Morgan fingerprint density at radius 1 is 1.24 bits per heavy atom. The van der Waals surface area contributed by atoms with Crippen molar-refractivity contribution in [2.45, 2.75) is 19.3 Å². The SMILES string of the molecule is CN(C(=O)OCC12CCN(CC1)CC2)c1ncsc1-c1ccccc1. The van der Waals surface area contributed by atoms with Gasteiger partial charge in [-0.2, -0.15) is 0 Å². The maximum Gasteiger partial charge on any atom is 0.415 e. The average Bonchev–Trinajstić information content (AvgIpc) is 3.17. The van der Waals surface area contributed by atoms with Gasteiger partial charge in [0.05, 0.1) is 17.0 Å². The maximum atomic E-state index is 12.6. The van der Waals surface area contributed by atoms with Gasteiger partial charge in [-0.3, -0.25) is 4.90 Å². The van der Waals surface area contributed by atoms with Crippen LogP contribution in [0.25, 0.3) is 10.4 Å². The summed E-state index contributed by atoms with van der Waals surface area (Å²) in [4.78, 5) is 22.0. The van der Waals surface area contributed by atoms with E-state index in [1.807, 2.05) is 30.3 Å². The van der Waals surface area contributed by atoms with E-state index in [0.29, 0.717) is 12.4 Å². The predicted octanol–water partition coefficient (Wildman–Crippen LogP) is 3.87. The zero-order valence-electron chi connectivity index (χ0n) is 14.5. The number of nitrogens with zero attached hydrogens (tertiary/aromatic N) is 3. The van der Waals surface area contributed by atoms with E-state index in [4.69, 9.17) is 4.74 Å². The number of rotatable bonds is 4. The number of thiazole rings is 1. The first-order valence-electron chi connectivity index (χ1n) is 8.79. The van der Waals surface area contributed by atoms with Crippen molar-refractivity contribution in [3.63, 3.8) is 0 Å². The van der Waals surface area contributed by atoms with E-state index in [-0.39, 0.29) is 11.5 Å². The summed E-state index contributed by atoms with van der Waals surface area (Å²) < 4.78 is 5.71. The molecular formula is C19H23N3O2S. The van der Waals surface area contributed by atoms with Crippen molar-refractivity contribution < 1.29 is 9.53 Å². The zero-order valence-corrected chi connectivity index (χ0v) is 15.3. The summed E-state index contributed by atoms with van der Waals surface area (Å²) in [5.41, 5.74) is 3.03. The fourth-order valence-electron chi connectivity index (χ4n) is 3.78. The van der Waals surface area contributed by atoms with E-state index in [1.165, 1.54) is 16.2 Å². The summed E-state index contributed by atoms with van der Waals surface area (Å²) >= 11 is 1.54. The highest BCUT2D eigenvalue weighted by molar-refractivity contribution is 7.13. The minimum atomic E-state index is -0.314. The number of hydrogen-bond acceptors (Lipinski definition) is 5. The highest BCUT2D eigenvalue weighted by Gasteiger charge is 2.40. The van der Waals surface area contributed by atoms with Crippen LogP contribution in [0.1, 0.15) is 19.3 Å². The molecule has 2 aromatic rings. The Morgan fingerprint density at radius 3 is 2.60 bits per heavy atom. The molecule has 0 unspecified atom stereocenters. The number of carbonyl (C=O) groups is 1. The number of piperidine rings is 3. The molecule has 5 rings (SSSR count). The van der Waals surface area contributed by atoms with E-state index in [1.54, 1.807) is 12.6 Å². The third-order valence-corrected chi connectivity index (χ3v) is 6.42. The Bertz CT molecular complexity index is 724. The van der Waals surface area contributed by atoms with Crippen molar-refractivity contribution >= 4 is 23.2 Å². The number of anilines is 1. The first-order valence-corrected chi connectivity index (χ1v) is 9.67. The van der Waals surface area contributed by atoms with Gasteiger partial charge in [-0.05, 0) is 44.5 Å². The quantitative estimate of drug-likeness (QED) is 0.833. The topological polar surface area (TPSA) is 45.7 Å². The molecule has 25 heavy (non-hydrogen) atoms. The zero-order chi connectivity index (χ0) is 17.3. The second-order valence-electron chi connectivity index (χ2n) is 7.08. The Kier molecular flexibility index (Phi) is 4.48. The third kappa shape index (κ3) is 3.28. The third-order valence-electron chi connectivity index (χ3n) is 5.55. The lowest BCUT2D eigenvalue weighted by Crippen LogP contribution is -2.50. The summed E-state index contributed by atoms with van der Waals surface area (Å²) in [7, 11) is 1.74. The molecule has 6 heteroatoms. The van der Waals surface area contributed by atoms with Gasteiger partial charge in [0.15, 0.2) is 5.82 Å². The molecule has 0 N–H and O–H groups in total. The minimum absolute atomic E-state index is 0.190. The molecule has 0 radical (unpaired) electrons.